The van der Waals surface area contributed by atoms with E-state index in [4.69, 9.17) is 4.74 Å². The van der Waals surface area contributed by atoms with E-state index < -0.39 is 0 Å². The highest BCUT2D eigenvalue weighted by molar-refractivity contribution is 5.76. The number of nitrogens with one attached hydrogen (secondary N) is 1. The molecule has 0 aliphatic carbocycles. The molecule has 0 spiro atoms. The fourth-order valence-electron chi connectivity index (χ4n) is 3.73. The third kappa shape index (κ3) is 3.10. The summed E-state index contributed by atoms with van der Waals surface area (Å²) in [5, 5.41) is 2.90. The van der Waals surface area contributed by atoms with Crippen LogP contribution in [0.4, 0.5) is 16.4 Å². The molecule has 1 aromatic rings. The van der Waals surface area contributed by atoms with Crippen molar-refractivity contribution in [2.24, 2.45) is 0 Å². The van der Waals surface area contributed by atoms with Crippen LogP contribution in [0.2, 0.25) is 0 Å². The molecule has 3 aliphatic heterocycles. The largest absolute Gasteiger partial charge is 0.378 e. The standard InChI is InChI=1S/C16H24N6O2/c23-16-17-3-5-22(16)13-2-1-4-21(11-13)15-10-14(18-12-19-15)20-6-8-24-9-7-20/h10,12-13H,1-9,11H2,(H,17,23). The summed E-state index contributed by atoms with van der Waals surface area (Å²) in [6.45, 7) is 6.60. The zero-order chi connectivity index (χ0) is 16.4. The highest BCUT2D eigenvalue weighted by Crippen LogP contribution is 2.24. The first kappa shape index (κ1) is 15.4. The fraction of sp³-hybridized carbons (Fsp3) is 0.688. The van der Waals surface area contributed by atoms with Gasteiger partial charge in [0, 0.05) is 45.3 Å². The maximum absolute atomic E-state index is 11.9. The van der Waals surface area contributed by atoms with E-state index in [0.29, 0.717) is 0 Å². The van der Waals surface area contributed by atoms with Crippen molar-refractivity contribution in [2.45, 2.75) is 18.9 Å². The average molecular weight is 332 g/mol. The highest BCUT2D eigenvalue weighted by atomic mass is 16.5. The quantitative estimate of drug-likeness (QED) is 0.859. The number of hydrogen-bond donors (Lipinski definition) is 1. The summed E-state index contributed by atoms with van der Waals surface area (Å²) in [6.07, 6.45) is 3.78. The van der Waals surface area contributed by atoms with Crippen molar-refractivity contribution in [1.29, 1.82) is 0 Å². The summed E-state index contributed by atoms with van der Waals surface area (Å²) in [5.41, 5.74) is 0. The van der Waals surface area contributed by atoms with Crippen LogP contribution in [0.5, 0.6) is 0 Å². The molecule has 0 radical (unpaired) electrons. The number of hydrogen-bond acceptors (Lipinski definition) is 6. The first-order chi connectivity index (χ1) is 11.8. The van der Waals surface area contributed by atoms with Crippen LogP contribution in [0.25, 0.3) is 0 Å². The van der Waals surface area contributed by atoms with Gasteiger partial charge in [-0.3, -0.25) is 0 Å². The zero-order valence-electron chi connectivity index (χ0n) is 13.9. The molecule has 24 heavy (non-hydrogen) atoms. The topological polar surface area (TPSA) is 73.8 Å². The Morgan fingerprint density at radius 1 is 1.08 bits per heavy atom. The van der Waals surface area contributed by atoms with Crippen molar-refractivity contribution in [1.82, 2.24) is 20.2 Å². The zero-order valence-corrected chi connectivity index (χ0v) is 13.9. The van der Waals surface area contributed by atoms with Crippen molar-refractivity contribution in [3.63, 3.8) is 0 Å². The third-order valence-electron chi connectivity index (χ3n) is 5.02. The normalized spacial score (nSPS) is 25.1. The van der Waals surface area contributed by atoms with Crippen LogP contribution in [-0.4, -0.2) is 79.4 Å². The van der Waals surface area contributed by atoms with Gasteiger partial charge in [0.05, 0.1) is 19.3 Å². The summed E-state index contributed by atoms with van der Waals surface area (Å²) in [4.78, 5) is 27.3. The molecule has 8 heteroatoms. The van der Waals surface area contributed by atoms with Crippen LogP contribution in [0, 0.1) is 0 Å². The minimum Gasteiger partial charge on any atom is -0.378 e. The van der Waals surface area contributed by atoms with E-state index >= 15 is 0 Å². The van der Waals surface area contributed by atoms with Crippen LogP contribution < -0.4 is 15.1 Å². The third-order valence-corrected chi connectivity index (χ3v) is 5.02. The van der Waals surface area contributed by atoms with Gasteiger partial charge in [-0.05, 0) is 12.8 Å². The Balaban J connectivity index is 1.47. The first-order valence-electron chi connectivity index (χ1n) is 8.75. The van der Waals surface area contributed by atoms with Gasteiger partial charge in [-0.25, -0.2) is 14.8 Å². The van der Waals surface area contributed by atoms with Gasteiger partial charge in [-0.1, -0.05) is 0 Å². The lowest BCUT2D eigenvalue weighted by Gasteiger charge is -2.38. The molecule has 3 fully saturated rings. The van der Waals surface area contributed by atoms with E-state index in [1.807, 2.05) is 4.90 Å². The number of carbonyl (C=O) groups is 1. The number of nitrogens with zero attached hydrogens (tertiary/aromatic N) is 5. The smallest absolute Gasteiger partial charge is 0.317 e. The van der Waals surface area contributed by atoms with Crippen molar-refractivity contribution < 1.29 is 9.53 Å². The van der Waals surface area contributed by atoms with Gasteiger partial charge in [0.25, 0.3) is 0 Å². The van der Waals surface area contributed by atoms with Crippen molar-refractivity contribution in [2.75, 3.05) is 62.3 Å². The van der Waals surface area contributed by atoms with Gasteiger partial charge >= 0.3 is 6.03 Å². The minimum absolute atomic E-state index is 0.0681. The van der Waals surface area contributed by atoms with Crippen LogP contribution in [0.1, 0.15) is 12.8 Å². The highest BCUT2D eigenvalue weighted by Gasteiger charge is 2.31. The molecule has 3 saturated heterocycles. The Bertz CT molecular complexity index is 592. The van der Waals surface area contributed by atoms with Crippen LogP contribution >= 0.6 is 0 Å². The van der Waals surface area contributed by atoms with Crippen LogP contribution in [0.3, 0.4) is 0 Å². The molecule has 2 amide bonds. The second-order valence-electron chi connectivity index (χ2n) is 6.50. The lowest BCUT2D eigenvalue weighted by atomic mass is 10.0. The Morgan fingerprint density at radius 2 is 1.88 bits per heavy atom. The van der Waals surface area contributed by atoms with Crippen LogP contribution in [0.15, 0.2) is 12.4 Å². The molecule has 0 aromatic carbocycles. The molecular weight excluding hydrogens is 308 g/mol. The summed E-state index contributed by atoms with van der Waals surface area (Å²) >= 11 is 0. The second kappa shape index (κ2) is 6.80. The molecular formula is C16H24N6O2. The lowest BCUT2D eigenvalue weighted by molar-refractivity contribution is 0.122. The van der Waals surface area contributed by atoms with Gasteiger partial charge in [0.1, 0.15) is 18.0 Å². The number of amides is 2. The molecule has 1 atom stereocenters. The number of ether oxygens (including phenoxy) is 1. The monoisotopic (exact) mass is 332 g/mol. The van der Waals surface area contributed by atoms with Gasteiger partial charge in [0.2, 0.25) is 0 Å². The molecule has 1 aromatic heterocycles. The molecule has 4 heterocycles. The maximum atomic E-state index is 11.9. The number of carbonyl (C=O) groups excluding carboxylic acids is 1. The van der Waals surface area contributed by atoms with Gasteiger partial charge < -0.3 is 24.8 Å². The molecule has 1 N–H and O–H groups in total. The first-order valence-corrected chi connectivity index (χ1v) is 8.75. The Labute approximate surface area is 141 Å². The molecule has 0 saturated carbocycles. The minimum atomic E-state index is 0.0681. The Hall–Kier alpha value is -2.09. The van der Waals surface area contributed by atoms with E-state index in [9.17, 15) is 4.79 Å². The number of anilines is 2. The summed E-state index contributed by atoms with van der Waals surface area (Å²) in [6, 6.07) is 2.40. The van der Waals surface area contributed by atoms with Gasteiger partial charge in [-0.2, -0.15) is 0 Å². The molecule has 8 nitrogen and oxygen atoms in total. The van der Waals surface area contributed by atoms with E-state index in [2.05, 4.69) is 31.2 Å². The fourth-order valence-corrected chi connectivity index (χ4v) is 3.73. The number of morpholine rings is 1. The van der Waals surface area contributed by atoms with E-state index in [1.54, 1.807) is 6.33 Å². The summed E-state index contributed by atoms with van der Waals surface area (Å²) in [5.74, 6) is 1.92. The summed E-state index contributed by atoms with van der Waals surface area (Å²) in [7, 11) is 0. The van der Waals surface area contributed by atoms with Crippen LogP contribution in [-0.2, 0) is 4.74 Å². The van der Waals surface area contributed by atoms with Crippen molar-refractivity contribution in [3.8, 4) is 0 Å². The van der Waals surface area contributed by atoms with Gasteiger partial charge in [-0.15, -0.1) is 0 Å². The predicted molar refractivity (Wildman–Crippen MR) is 90.4 cm³/mol. The van der Waals surface area contributed by atoms with E-state index in [1.165, 1.54) is 0 Å². The Morgan fingerprint density at radius 3 is 2.62 bits per heavy atom. The molecule has 1 unspecified atom stereocenters. The Kier molecular flexibility index (Phi) is 4.38. The molecule has 4 rings (SSSR count). The number of piperidine rings is 1. The number of rotatable bonds is 3. The molecule has 130 valence electrons. The second-order valence-corrected chi connectivity index (χ2v) is 6.50. The number of urea groups is 1. The summed E-state index contributed by atoms with van der Waals surface area (Å²) < 4.78 is 5.41. The lowest BCUT2D eigenvalue weighted by Crippen LogP contribution is -2.49. The SMILES string of the molecule is O=C1NCCN1C1CCCN(c2cc(N3CCOCC3)ncn2)C1. The molecule has 3 aliphatic rings. The van der Waals surface area contributed by atoms with E-state index in [0.717, 1.165) is 77.0 Å². The van der Waals surface area contributed by atoms with E-state index in [-0.39, 0.29) is 12.1 Å². The maximum Gasteiger partial charge on any atom is 0.317 e. The molecule has 0 bridgehead atoms. The van der Waals surface area contributed by atoms with Gasteiger partial charge in [0.15, 0.2) is 0 Å². The van der Waals surface area contributed by atoms with Crippen molar-refractivity contribution >= 4 is 17.7 Å². The predicted octanol–water partition coefficient (Wildman–Crippen LogP) is 0.307. The number of aromatic nitrogens is 2. The van der Waals surface area contributed by atoms with Crippen molar-refractivity contribution in [3.05, 3.63) is 12.4 Å². The average Bonchev–Trinajstić information content (AvgIpc) is 3.09.